The number of carboxylic acids is 1. The molecule has 22 heavy (non-hydrogen) atoms. The molecule has 1 amide bonds. The summed E-state index contributed by atoms with van der Waals surface area (Å²) >= 11 is 4.06. The lowest BCUT2D eigenvalue weighted by Crippen LogP contribution is -2.52. The minimum absolute atomic E-state index is 0.00998. The summed E-state index contributed by atoms with van der Waals surface area (Å²) in [6.45, 7) is 0.0307. The van der Waals surface area contributed by atoms with Crippen molar-refractivity contribution in [3.05, 3.63) is 24.2 Å². The molecule has 0 aliphatic carbocycles. The molecule has 1 aromatic rings. The van der Waals surface area contributed by atoms with Crippen molar-refractivity contribution < 1.29 is 28.6 Å². The number of methoxy groups -OCH3 is 1. The summed E-state index contributed by atoms with van der Waals surface area (Å²) in [7, 11) is 1.19. The minimum atomic E-state index is -1.27. The fraction of sp³-hybridized carbons (Fsp3) is 0.462. The van der Waals surface area contributed by atoms with Crippen molar-refractivity contribution in [1.29, 1.82) is 0 Å². The lowest BCUT2D eigenvalue weighted by Gasteiger charge is -2.30. The predicted molar refractivity (Wildman–Crippen MR) is 79.1 cm³/mol. The van der Waals surface area contributed by atoms with Crippen LogP contribution in [0.4, 0.5) is 0 Å². The number of nitrogens with zero attached hydrogens (tertiary/aromatic N) is 1. The highest BCUT2D eigenvalue weighted by molar-refractivity contribution is 7.80. The Morgan fingerprint density at radius 2 is 2.18 bits per heavy atom. The van der Waals surface area contributed by atoms with E-state index in [-0.39, 0.29) is 12.3 Å². The number of esters is 1. The lowest BCUT2D eigenvalue weighted by atomic mass is 10.1. The van der Waals surface area contributed by atoms with E-state index < -0.39 is 36.4 Å². The maximum atomic E-state index is 12.4. The van der Waals surface area contributed by atoms with Crippen LogP contribution in [0.3, 0.4) is 0 Å². The smallest absolute Gasteiger partial charge is 0.329 e. The first kappa shape index (κ1) is 18.1. The highest BCUT2D eigenvalue weighted by Gasteiger charge is 2.33. The first-order valence-corrected chi connectivity index (χ1v) is 7.01. The van der Waals surface area contributed by atoms with Crippen LogP contribution in [-0.4, -0.2) is 52.8 Å². The topological polar surface area (TPSA) is 123 Å². The summed E-state index contributed by atoms with van der Waals surface area (Å²) in [5.74, 6) is -2.53. The molecule has 122 valence electrons. The quantitative estimate of drug-likeness (QED) is 0.448. The second-order valence-electron chi connectivity index (χ2n) is 4.52. The van der Waals surface area contributed by atoms with Gasteiger partial charge in [0.15, 0.2) is 0 Å². The van der Waals surface area contributed by atoms with Crippen molar-refractivity contribution in [2.45, 2.75) is 25.0 Å². The van der Waals surface area contributed by atoms with Gasteiger partial charge in [0.25, 0.3) is 0 Å². The van der Waals surface area contributed by atoms with Gasteiger partial charge in [-0.15, -0.1) is 0 Å². The van der Waals surface area contributed by atoms with Crippen LogP contribution in [0.5, 0.6) is 0 Å². The Kier molecular flexibility index (Phi) is 6.93. The highest BCUT2D eigenvalue weighted by Crippen LogP contribution is 2.14. The molecular weight excluding hydrogens is 312 g/mol. The number of amides is 1. The average Bonchev–Trinajstić information content (AvgIpc) is 2.98. The van der Waals surface area contributed by atoms with E-state index >= 15 is 0 Å². The van der Waals surface area contributed by atoms with Crippen LogP contribution < -0.4 is 5.73 Å². The van der Waals surface area contributed by atoms with Crippen LogP contribution in [0.2, 0.25) is 0 Å². The molecule has 1 aromatic heterocycles. The summed E-state index contributed by atoms with van der Waals surface area (Å²) in [6, 6.07) is -0.623. The minimum Gasteiger partial charge on any atom is -0.481 e. The Morgan fingerprint density at radius 1 is 1.50 bits per heavy atom. The molecule has 1 heterocycles. The zero-order valence-electron chi connectivity index (χ0n) is 12.0. The van der Waals surface area contributed by atoms with E-state index in [4.69, 9.17) is 15.3 Å². The molecule has 2 atom stereocenters. The van der Waals surface area contributed by atoms with E-state index in [0.717, 1.165) is 4.90 Å². The first-order chi connectivity index (χ1) is 10.4. The van der Waals surface area contributed by atoms with Gasteiger partial charge in [-0.3, -0.25) is 9.59 Å². The van der Waals surface area contributed by atoms with Crippen LogP contribution in [-0.2, 0) is 25.7 Å². The predicted octanol–water partition coefficient (Wildman–Crippen LogP) is -0.118. The molecule has 0 aromatic carbocycles. The average molecular weight is 330 g/mol. The number of hydrogen-bond acceptors (Lipinski definition) is 7. The number of hydrogen-bond donors (Lipinski definition) is 3. The number of rotatable bonds is 8. The number of carbonyl (C=O) groups is 3. The Labute approximate surface area is 132 Å². The zero-order chi connectivity index (χ0) is 16.7. The third kappa shape index (κ3) is 4.78. The largest absolute Gasteiger partial charge is 0.481 e. The molecule has 0 spiro atoms. The van der Waals surface area contributed by atoms with Gasteiger partial charge in [0.05, 0.1) is 32.1 Å². The summed E-state index contributed by atoms with van der Waals surface area (Å²) < 4.78 is 9.57. The SMILES string of the molecule is COC(=O)[C@H](CS)N(Cc1ccoc1)C(=O)[C@@H](N)CC(=O)O. The molecule has 0 fully saturated rings. The monoisotopic (exact) mass is 330 g/mol. The number of thiol groups is 1. The number of aliphatic carboxylic acids is 1. The van der Waals surface area contributed by atoms with Gasteiger partial charge in [0.1, 0.15) is 6.04 Å². The van der Waals surface area contributed by atoms with Gasteiger partial charge >= 0.3 is 11.9 Å². The normalized spacial score (nSPS) is 13.2. The molecule has 0 aliphatic rings. The third-order valence-corrected chi connectivity index (χ3v) is 3.30. The van der Waals surface area contributed by atoms with Gasteiger partial charge in [0.2, 0.25) is 5.91 Å². The van der Waals surface area contributed by atoms with Crippen molar-refractivity contribution in [2.24, 2.45) is 5.73 Å². The molecule has 8 nitrogen and oxygen atoms in total. The van der Waals surface area contributed by atoms with E-state index in [1.165, 1.54) is 19.6 Å². The summed E-state index contributed by atoms with van der Waals surface area (Å²) in [6.07, 6.45) is 2.29. The van der Waals surface area contributed by atoms with Gasteiger partial charge in [-0.25, -0.2) is 4.79 Å². The van der Waals surface area contributed by atoms with Gasteiger partial charge in [0, 0.05) is 17.9 Å². The summed E-state index contributed by atoms with van der Waals surface area (Å²) in [5.41, 5.74) is 6.24. The Hall–Kier alpha value is -2.00. The van der Waals surface area contributed by atoms with Gasteiger partial charge < -0.3 is 24.9 Å². The second-order valence-corrected chi connectivity index (χ2v) is 4.89. The number of carboxylic acid groups (broad SMARTS) is 1. The molecule has 0 saturated heterocycles. The molecule has 1 rings (SSSR count). The van der Waals surface area contributed by atoms with Crippen molar-refractivity contribution in [2.75, 3.05) is 12.9 Å². The van der Waals surface area contributed by atoms with E-state index in [9.17, 15) is 14.4 Å². The zero-order valence-corrected chi connectivity index (χ0v) is 12.9. The van der Waals surface area contributed by atoms with E-state index in [2.05, 4.69) is 17.4 Å². The summed E-state index contributed by atoms with van der Waals surface area (Å²) in [4.78, 5) is 36.1. The molecule has 3 N–H and O–H groups in total. The van der Waals surface area contributed by atoms with Gasteiger partial charge in [-0.2, -0.15) is 12.6 Å². The van der Waals surface area contributed by atoms with Crippen molar-refractivity contribution in [3.63, 3.8) is 0 Å². The molecule has 0 unspecified atom stereocenters. The van der Waals surface area contributed by atoms with E-state index in [1.807, 2.05) is 0 Å². The molecule has 9 heteroatoms. The number of furan rings is 1. The van der Waals surface area contributed by atoms with E-state index in [0.29, 0.717) is 5.56 Å². The lowest BCUT2D eigenvalue weighted by molar-refractivity contribution is -0.153. The van der Waals surface area contributed by atoms with Crippen molar-refractivity contribution in [1.82, 2.24) is 4.90 Å². The Morgan fingerprint density at radius 3 is 2.64 bits per heavy atom. The van der Waals surface area contributed by atoms with Crippen LogP contribution in [0, 0.1) is 0 Å². The van der Waals surface area contributed by atoms with Gasteiger partial charge in [-0.05, 0) is 6.07 Å². The fourth-order valence-corrected chi connectivity index (χ4v) is 2.19. The van der Waals surface area contributed by atoms with Crippen LogP contribution in [0.25, 0.3) is 0 Å². The maximum absolute atomic E-state index is 12.4. The highest BCUT2D eigenvalue weighted by atomic mass is 32.1. The molecule has 0 aliphatic heterocycles. The fourth-order valence-electron chi connectivity index (χ4n) is 1.85. The molecular formula is C13H18N2O6S. The number of carbonyl (C=O) groups excluding carboxylic acids is 2. The molecule has 0 saturated carbocycles. The molecule has 0 radical (unpaired) electrons. The standard InChI is InChI=1S/C13H18N2O6S/c1-20-13(19)10(7-22)15(5-8-2-3-21-6-8)12(18)9(14)4-11(16)17/h2-3,6,9-10,22H,4-5,7,14H2,1H3,(H,16,17)/t9-,10-/m0/s1. The van der Waals surface area contributed by atoms with Crippen LogP contribution in [0.1, 0.15) is 12.0 Å². The summed E-state index contributed by atoms with van der Waals surface area (Å²) in [5, 5.41) is 8.75. The van der Waals surface area contributed by atoms with Crippen molar-refractivity contribution in [3.8, 4) is 0 Å². The van der Waals surface area contributed by atoms with Gasteiger partial charge in [-0.1, -0.05) is 0 Å². The Bertz CT molecular complexity index is 519. The number of nitrogens with two attached hydrogens (primary N) is 1. The van der Waals surface area contributed by atoms with Crippen molar-refractivity contribution >= 4 is 30.5 Å². The van der Waals surface area contributed by atoms with Crippen LogP contribution in [0.15, 0.2) is 23.0 Å². The first-order valence-electron chi connectivity index (χ1n) is 6.38. The second kappa shape index (κ2) is 8.44. The number of ether oxygens (including phenoxy) is 1. The maximum Gasteiger partial charge on any atom is 0.329 e. The molecule has 0 bridgehead atoms. The van der Waals surface area contributed by atoms with E-state index in [1.54, 1.807) is 6.07 Å². The third-order valence-electron chi connectivity index (χ3n) is 2.95. The van der Waals surface area contributed by atoms with Crippen LogP contribution >= 0.6 is 12.6 Å². The Balaban J connectivity index is 3.01.